The van der Waals surface area contributed by atoms with E-state index in [0.29, 0.717) is 30.0 Å². The molecule has 3 N–H and O–H groups in total. The smallest absolute Gasteiger partial charge is 0.368 e. The van der Waals surface area contributed by atoms with Crippen LogP contribution < -0.4 is 17.0 Å². The number of benzene rings is 2. The van der Waals surface area contributed by atoms with Crippen LogP contribution in [0, 0.1) is 0 Å². The van der Waals surface area contributed by atoms with Crippen molar-refractivity contribution in [3.63, 3.8) is 0 Å². The van der Waals surface area contributed by atoms with Crippen LogP contribution in [0.3, 0.4) is 0 Å². The number of amides is 1. The Labute approximate surface area is 204 Å². The molecule has 0 fully saturated rings. The van der Waals surface area contributed by atoms with Crippen molar-refractivity contribution in [2.45, 2.75) is 32.7 Å². The van der Waals surface area contributed by atoms with Crippen LogP contribution >= 0.6 is 0 Å². The van der Waals surface area contributed by atoms with Crippen LogP contribution in [0.1, 0.15) is 30.2 Å². The van der Waals surface area contributed by atoms with Gasteiger partial charge in [0.05, 0.1) is 5.69 Å². The first-order chi connectivity index (χ1) is 17.5. The highest BCUT2D eigenvalue weighted by atomic mass is 16.5. The Morgan fingerprint density at radius 2 is 1.83 bits per heavy atom. The minimum Gasteiger partial charge on any atom is -0.368 e. The van der Waals surface area contributed by atoms with Gasteiger partial charge in [-0.2, -0.15) is 10.1 Å². The molecule has 0 atom stereocenters. The van der Waals surface area contributed by atoms with Crippen molar-refractivity contribution in [1.29, 1.82) is 0 Å². The molecular weight excluding hydrogens is 462 g/mol. The molecule has 5 aromatic rings. The number of hydrogen-bond acceptors (Lipinski definition) is 7. The fraction of sp³-hybridized carbons (Fsp3) is 0.200. The Hall–Kier alpha value is -4.80. The number of aromatic amines is 1. The van der Waals surface area contributed by atoms with Crippen LogP contribution in [0.4, 0.5) is 0 Å². The maximum atomic E-state index is 13.4. The average molecular weight is 486 g/mol. The summed E-state index contributed by atoms with van der Waals surface area (Å²) >= 11 is 0. The monoisotopic (exact) mass is 485 g/mol. The van der Waals surface area contributed by atoms with Crippen molar-refractivity contribution in [3.8, 4) is 22.5 Å². The molecule has 0 saturated carbocycles. The van der Waals surface area contributed by atoms with E-state index in [1.807, 2.05) is 55.5 Å². The third-order valence-corrected chi connectivity index (χ3v) is 5.95. The summed E-state index contributed by atoms with van der Waals surface area (Å²) in [5.41, 5.74) is 9.81. The summed E-state index contributed by atoms with van der Waals surface area (Å²) in [4.78, 5) is 43.3. The number of aromatic nitrogens is 6. The van der Waals surface area contributed by atoms with Gasteiger partial charge in [0.25, 0.3) is 5.56 Å². The van der Waals surface area contributed by atoms with Crippen LogP contribution in [0.2, 0.25) is 0 Å². The van der Waals surface area contributed by atoms with Gasteiger partial charge in [0, 0.05) is 17.5 Å². The number of H-pyrrole nitrogens is 1. The van der Waals surface area contributed by atoms with Crippen molar-refractivity contribution in [2.75, 3.05) is 0 Å². The summed E-state index contributed by atoms with van der Waals surface area (Å²) in [5, 5.41) is 8.10. The van der Waals surface area contributed by atoms with E-state index in [-0.39, 0.29) is 12.1 Å². The quantitative estimate of drug-likeness (QED) is 0.340. The Kier molecular flexibility index (Phi) is 6.03. The maximum Gasteiger partial charge on any atom is 0.439 e. The van der Waals surface area contributed by atoms with Crippen molar-refractivity contribution < 1.29 is 9.32 Å². The Morgan fingerprint density at radius 1 is 1.08 bits per heavy atom. The van der Waals surface area contributed by atoms with Crippen LogP contribution in [0.15, 0.2) is 69.0 Å². The number of nitrogens with two attached hydrogens (primary N) is 1. The van der Waals surface area contributed by atoms with Crippen LogP contribution in [0.25, 0.3) is 28.3 Å². The molecular formula is C25H23N7O4. The average Bonchev–Trinajstić information content (AvgIpc) is 3.53. The van der Waals surface area contributed by atoms with E-state index in [9.17, 15) is 14.4 Å². The third kappa shape index (κ3) is 4.22. The van der Waals surface area contributed by atoms with E-state index in [0.717, 1.165) is 34.4 Å². The molecule has 11 heteroatoms. The van der Waals surface area contributed by atoms with Gasteiger partial charge in [0.15, 0.2) is 5.82 Å². The number of rotatable bonds is 8. The van der Waals surface area contributed by atoms with Crippen molar-refractivity contribution in [3.05, 3.63) is 92.6 Å². The minimum atomic E-state index is -0.632. The highest BCUT2D eigenvalue weighted by Gasteiger charge is 2.20. The van der Waals surface area contributed by atoms with Crippen molar-refractivity contribution in [2.24, 2.45) is 5.73 Å². The molecule has 0 saturated heterocycles. The number of hydrogen-bond donors (Lipinski definition) is 2. The fourth-order valence-corrected chi connectivity index (χ4v) is 4.38. The predicted octanol–water partition coefficient (Wildman–Crippen LogP) is 1.93. The van der Waals surface area contributed by atoms with Crippen molar-refractivity contribution >= 4 is 11.7 Å². The first-order valence-electron chi connectivity index (χ1n) is 11.4. The van der Waals surface area contributed by atoms with Crippen LogP contribution in [-0.4, -0.2) is 35.2 Å². The second-order valence-corrected chi connectivity index (χ2v) is 8.37. The van der Waals surface area contributed by atoms with E-state index in [2.05, 4.69) is 24.7 Å². The molecule has 0 aliphatic heterocycles. The lowest BCUT2D eigenvalue weighted by Gasteiger charge is -2.15. The molecule has 0 aliphatic carbocycles. The zero-order valence-electron chi connectivity index (χ0n) is 19.5. The summed E-state index contributed by atoms with van der Waals surface area (Å²) in [5.74, 6) is -0.610. The van der Waals surface area contributed by atoms with E-state index < -0.39 is 11.7 Å². The lowest BCUT2D eigenvalue weighted by molar-refractivity contribution is -0.118. The largest absolute Gasteiger partial charge is 0.439 e. The molecule has 3 heterocycles. The Morgan fingerprint density at radius 3 is 2.50 bits per heavy atom. The Balaban J connectivity index is 1.54. The standard InChI is InChI=1S/C25H23N7O4/c1-2-5-20-19(23(34)31(13-21(26)33)24-27-14-28-32(20)24)12-15-8-10-16(11-9-15)17-6-3-4-7-18(17)22-29-25(35)36-30-22/h3-4,6-11,14H,2,5,12-13H2,1H3,(H2,26,33)(H,29,30,35). The lowest BCUT2D eigenvalue weighted by atomic mass is 9.96. The zero-order valence-corrected chi connectivity index (χ0v) is 19.5. The fourth-order valence-electron chi connectivity index (χ4n) is 4.38. The van der Waals surface area contributed by atoms with Gasteiger partial charge in [-0.05, 0) is 23.1 Å². The maximum absolute atomic E-state index is 13.4. The number of carbonyl (C=O) groups is 1. The van der Waals surface area contributed by atoms with Gasteiger partial charge in [0.1, 0.15) is 12.9 Å². The second kappa shape index (κ2) is 9.45. The number of carbonyl (C=O) groups excluding carboxylic acids is 1. The zero-order chi connectivity index (χ0) is 25.2. The molecule has 1 amide bonds. The summed E-state index contributed by atoms with van der Waals surface area (Å²) in [7, 11) is 0. The number of nitrogens with one attached hydrogen (secondary N) is 1. The first-order valence-corrected chi connectivity index (χ1v) is 11.4. The molecule has 3 aromatic heterocycles. The summed E-state index contributed by atoms with van der Waals surface area (Å²) < 4.78 is 7.55. The molecule has 5 rings (SSSR count). The molecule has 182 valence electrons. The van der Waals surface area contributed by atoms with Gasteiger partial charge in [-0.1, -0.05) is 67.0 Å². The highest BCUT2D eigenvalue weighted by Crippen LogP contribution is 2.30. The molecule has 36 heavy (non-hydrogen) atoms. The molecule has 0 bridgehead atoms. The number of aryl methyl sites for hydroxylation is 1. The first kappa shape index (κ1) is 23.0. The number of nitrogens with zero attached hydrogens (tertiary/aromatic N) is 5. The Bertz CT molecular complexity index is 1680. The topological polar surface area (TPSA) is 154 Å². The molecule has 0 aliphatic rings. The van der Waals surface area contributed by atoms with Gasteiger partial charge < -0.3 is 5.73 Å². The van der Waals surface area contributed by atoms with Gasteiger partial charge in [0.2, 0.25) is 11.7 Å². The van der Waals surface area contributed by atoms with Gasteiger partial charge in [-0.25, -0.2) is 9.31 Å². The normalized spacial score (nSPS) is 11.2. The molecule has 0 unspecified atom stereocenters. The minimum absolute atomic E-state index is 0.277. The second-order valence-electron chi connectivity index (χ2n) is 8.37. The van der Waals surface area contributed by atoms with E-state index in [1.54, 1.807) is 4.52 Å². The van der Waals surface area contributed by atoms with Gasteiger partial charge in [-0.3, -0.25) is 23.7 Å². The molecule has 2 aromatic carbocycles. The molecule has 11 nitrogen and oxygen atoms in total. The van der Waals surface area contributed by atoms with E-state index in [4.69, 9.17) is 5.73 Å². The molecule has 0 radical (unpaired) electrons. The van der Waals surface area contributed by atoms with Crippen LogP contribution in [0.5, 0.6) is 0 Å². The van der Waals surface area contributed by atoms with Crippen LogP contribution in [-0.2, 0) is 24.2 Å². The summed E-state index contributed by atoms with van der Waals surface area (Å²) in [6.45, 7) is 1.75. The summed E-state index contributed by atoms with van der Waals surface area (Å²) in [6, 6.07) is 15.3. The van der Waals surface area contributed by atoms with E-state index >= 15 is 0 Å². The van der Waals surface area contributed by atoms with Gasteiger partial charge >= 0.3 is 5.76 Å². The third-order valence-electron chi connectivity index (χ3n) is 5.95. The summed E-state index contributed by atoms with van der Waals surface area (Å²) in [6.07, 6.45) is 3.15. The SMILES string of the molecule is CCCc1c(Cc2ccc(-c3ccccc3-c3noc(=O)[nH]3)cc2)c(=O)n(CC(N)=O)c2ncnn12. The van der Waals surface area contributed by atoms with Crippen molar-refractivity contribution in [1.82, 2.24) is 29.3 Å². The lowest BCUT2D eigenvalue weighted by Crippen LogP contribution is -2.33. The van der Waals surface area contributed by atoms with E-state index in [1.165, 1.54) is 10.9 Å². The predicted molar refractivity (Wildman–Crippen MR) is 131 cm³/mol. The molecule has 0 spiro atoms. The number of fused-ring (bicyclic) bond motifs is 1. The number of primary amides is 1. The highest BCUT2D eigenvalue weighted by molar-refractivity contribution is 5.80. The van der Waals surface area contributed by atoms with Gasteiger partial charge in [-0.15, -0.1) is 0 Å².